The molecule has 20 heavy (non-hydrogen) atoms. The van der Waals surface area contributed by atoms with Gasteiger partial charge in [0.2, 0.25) is 0 Å². The second-order valence-electron chi connectivity index (χ2n) is 8.09. The van der Waals surface area contributed by atoms with Gasteiger partial charge in [-0.15, -0.1) is 0 Å². The van der Waals surface area contributed by atoms with Crippen molar-refractivity contribution in [3.05, 3.63) is 34.9 Å². The lowest BCUT2D eigenvalue weighted by Crippen LogP contribution is -2.62. The van der Waals surface area contributed by atoms with Gasteiger partial charge in [-0.2, -0.15) is 0 Å². The molecule has 4 aliphatic carbocycles. The van der Waals surface area contributed by atoms with Gasteiger partial charge in [0.1, 0.15) is 0 Å². The lowest BCUT2D eigenvalue weighted by atomic mass is 9.45. The molecule has 4 saturated carbocycles. The van der Waals surface area contributed by atoms with E-state index in [0.717, 1.165) is 11.8 Å². The Kier molecular flexibility index (Phi) is 2.64. The summed E-state index contributed by atoms with van der Waals surface area (Å²) in [5, 5.41) is 3.74. The summed E-state index contributed by atoms with van der Waals surface area (Å²) in [4.78, 5) is 0. The van der Waals surface area contributed by atoms with Crippen LogP contribution in [0.2, 0.25) is 0 Å². The van der Waals surface area contributed by atoms with E-state index in [1.807, 2.05) is 0 Å². The summed E-state index contributed by atoms with van der Waals surface area (Å²) >= 11 is 0. The van der Waals surface area contributed by atoms with Crippen LogP contribution in [0.3, 0.4) is 0 Å². The standard InChI is InChI=1S/C19H27N/c1-13-4-5-14(2)17(6-13)18-8-15-7-16(9-18)11-19(10-15,12-18)20-3/h4-6,15-16,20H,7-12H2,1-3H3. The van der Waals surface area contributed by atoms with Crippen molar-refractivity contribution in [1.82, 2.24) is 5.32 Å². The number of nitrogens with one attached hydrogen (secondary N) is 1. The largest absolute Gasteiger partial charge is 0.314 e. The molecule has 1 N–H and O–H groups in total. The molecule has 0 spiro atoms. The van der Waals surface area contributed by atoms with E-state index in [9.17, 15) is 0 Å². The van der Waals surface area contributed by atoms with E-state index in [1.54, 1.807) is 5.56 Å². The predicted octanol–water partition coefficient (Wildman–Crippen LogP) is 4.11. The molecule has 0 radical (unpaired) electrons. The zero-order valence-corrected chi connectivity index (χ0v) is 13.1. The maximum atomic E-state index is 3.74. The first-order valence-electron chi connectivity index (χ1n) is 8.31. The zero-order valence-electron chi connectivity index (χ0n) is 13.1. The van der Waals surface area contributed by atoms with Crippen molar-refractivity contribution in [2.45, 2.75) is 63.3 Å². The van der Waals surface area contributed by atoms with E-state index in [4.69, 9.17) is 0 Å². The van der Waals surface area contributed by atoms with Gasteiger partial charge in [0.15, 0.2) is 0 Å². The topological polar surface area (TPSA) is 12.0 Å². The minimum absolute atomic E-state index is 0.445. The highest BCUT2D eigenvalue weighted by molar-refractivity contribution is 5.40. The molecule has 0 aliphatic heterocycles. The molecule has 108 valence electrons. The highest BCUT2D eigenvalue weighted by atomic mass is 15.0. The number of hydrogen-bond donors (Lipinski definition) is 1. The van der Waals surface area contributed by atoms with E-state index >= 15 is 0 Å². The summed E-state index contributed by atoms with van der Waals surface area (Å²) in [6.07, 6.45) is 8.59. The summed E-state index contributed by atoms with van der Waals surface area (Å²) < 4.78 is 0. The number of hydrogen-bond acceptors (Lipinski definition) is 1. The molecule has 5 rings (SSSR count). The number of benzene rings is 1. The molecule has 0 saturated heterocycles. The third kappa shape index (κ3) is 1.72. The van der Waals surface area contributed by atoms with Crippen molar-refractivity contribution >= 4 is 0 Å². The Morgan fingerprint density at radius 3 is 2.40 bits per heavy atom. The van der Waals surface area contributed by atoms with Crippen LogP contribution in [0.5, 0.6) is 0 Å². The Balaban J connectivity index is 1.82. The normalized spacial score (nSPS) is 42.1. The average molecular weight is 269 g/mol. The summed E-state index contributed by atoms with van der Waals surface area (Å²) in [5.74, 6) is 1.92. The van der Waals surface area contributed by atoms with Crippen LogP contribution in [0, 0.1) is 25.7 Å². The maximum absolute atomic E-state index is 3.74. The third-order valence-corrected chi connectivity index (χ3v) is 6.56. The molecule has 0 aromatic heterocycles. The molecule has 1 heteroatoms. The summed E-state index contributed by atoms with van der Waals surface area (Å²) in [5.41, 5.74) is 5.54. The fraction of sp³-hybridized carbons (Fsp3) is 0.684. The van der Waals surface area contributed by atoms with Gasteiger partial charge in [0.25, 0.3) is 0 Å². The summed E-state index contributed by atoms with van der Waals surface area (Å²) in [6.45, 7) is 4.57. The molecule has 4 bridgehead atoms. The summed E-state index contributed by atoms with van der Waals surface area (Å²) in [6, 6.07) is 7.11. The zero-order chi connectivity index (χ0) is 14.0. The van der Waals surface area contributed by atoms with Gasteiger partial charge in [-0.3, -0.25) is 0 Å². The number of rotatable bonds is 2. The molecule has 4 aliphatic rings. The Labute approximate surface area is 123 Å². The van der Waals surface area contributed by atoms with Crippen LogP contribution in [0.15, 0.2) is 18.2 Å². The van der Waals surface area contributed by atoms with Crippen LogP contribution in [0.1, 0.15) is 55.2 Å². The molecular formula is C19H27N. The van der Waals surface area contributed by atoms with E-state index in [0.29, 0.717) is 11.0 Å². The van der Waals surface area contributed by atoms with Gasteiger partial charge in [-0.1, -0.05) is 23.8 Å². The monoisotopic (exact) mass is 269 g/mol. The molecular weight excluding hydrogens is 242 g/mol. The second kappa shape index (κ2) is 4.10. The Morgan fingerprint density at radius 2 is 1.75 bits per heavy atom. The molecule has 1 aromatic carbocycles. The first-order valence-corrected chi connectivity index (χ1v) is 8.31. The van der Waals surface area contributed by atoms with Gasteiger partial charge in [-0.25, -0.2) is 0 Å². The second-order valence-corrected chi connectivity index (χ2v) is 8.09. The van der Waals surface area contributed by atoms with Crippen molar-refractivity contribution in [3.8, 4) is 0 Å². The van der Waals surface area contributed by atoms with Gasteiger partial charge in [0.05, 0.1) is 0 Å². The minimum atomic E-state index is 0.445. The minimum Gasteiger partial charge on any atom is -0.314 e. The first kappa shape index (κ1) is 12.9. The fourth-order valence-electron chi connectivity index (χ4n) is 6.18. The highest BCUT2D eigenvalue weighted by Crippen LogP contribution is 2.62. The van der Waals surface area contributed by atoms with E-state index in [2.05, 4.69) is 44.4 Å². The van der Waals surface area contributed by atoms with Crippen molar-refractivity contribution in [2.24, 2.45) is 11.8 Å². The van der Waals surface area contributed by atoms with E-state index < -0.39 is 0 Å². The van der Waals surface area contributed by atoms with E-state index in [-0.39, 0.29) is 0 Å². The molecule has 4 fully saturated rings. The van der Waals surface area contributed by atoms with Crippen LogP contribution in [-0.4, -0.2) is 12.6 Å². The molecule has 2 atom stereocenters. The highest BCUT2D eigenvalue weighted by Gasteiger charge is 2.57. The molecule has 0 amide bonds. The van der Waals surface area contributed by atoms with Gasteiger partial charge < -0.3 is 5.32 Å². The Hall–Kier alpha value is -0.820. The van der Waals surface area contributed by atoms with Crippen LogP contribution >= 0.6 is 0 Å². The lowest BCUT2D eigenvalue weighted by molar-refractivity contribution is -0.0376. The average Bonchev–Trinajstić information content (AvgIpc) is 2.40. The lowest BCUT2D eigenvalue weighted by Gasteiger charge is -2.62. The van der Waals surface area contributed by atoms with Crippen LogP contribution in [0.25, 0.3) is 0 Å². The quantitative estimate of drug-likeness (QED) is 0.852. The SMILES string of the molecule is CNC12CC3CC(C1)CC(c1cc(C)ccc1C)(C3)C2. The Morgan fingerprint density at radius 1 is 1.05 bits per heavy atom. The molecule has 0 heterocycles. The van der Waals surface area contributed by atoms with Gasteiger partial charge in [-0.05, 0) is 87.8 Å². The maximum Gasteiger partial charge on any atom is 0.0192 e. The van der Waals surface area contributed by atoms with Crippen molar-refractivity contribution < 1.29 is 0 Å². The number of aryl methyl sites for hydroxylation is 2. The summed E-state index contributed by atoms with van der Waals surface area (Å²) in [7, 11) is 2.20. The van der Waals surface area contributed by atoms with E-state index in [1.165, 1.54) is 49.7 Å². The third-order valence-electron chi connectivity index (χ3n) is 6.56. The smallest absolute Gasteiger partial charge is 0.0192 e. The van der Waals surface area contributed by atoms with Gasteiger partial charge >= 0.3 is 0 Å². The molecule has 1 aromatic rings. The molecule has 2 unspecified atom stereocenters. The van der Waals surface area contributed by atoms with Crippen molar-refractivity contribution in [2.75, 3.05) is 7.05 Å². The van der Waals surface area contributed by atoms with Crippen LogP contribution in [0.4, 0.5) is 0 Å². The first-order chi connectivity index (χ1) is 9.54. The van der Waals surface area contributed by atoms with Crippen LogP contribution in [-0.2, 0) is 5.41 Å². The Bertz CT molecular complexity index is 531. The fourth-order valence-corrected chi connectivity index (χ4v) is 6.18. The van der Waals surface area contributed by atoms with Gasteiger partial charge in [0, 0.05) is 5.54 Å². The van der Waals surface area contributed by atoms with Crippen molar-refractivity contribution in [1.29, 1.82) is 0 Å². The van der Waals surface area contributed by atoms with Crippen LogP contribution < -0.4 is 5.32 Å². The van der Waals surface area contributed by atoms with Crippen molar-refractivity contribution in [3.63, 3.8) is 0 Å². The predicted molar refractivity (Wildman–Crippen MR) is 84.1 cm³/mol. The molecule has 1 nitrogen and oxygen atoms in total.